The molecule has 0 aromatic heterocycles. The molecule has 0 spiro atoms. The van der Waals surface area contributed by atoms with Gasteiger partial charge in [0.2, 0.25) is 0 Å². The minimum absolute atomic E-state index is 0.225. The molecule has 0 aromatic carbocycles. The molecule has 0 amide bonds. The molecular weight excluding hydrogens is 188 g/mol. The highest BCUT2D eigenvalue weighted by Gasteiger charge is 2.15. The maximum absolute atomic E-state index is 2.59. The Morgan fingerprint density at radius 1 is 0.643 bits per heavy atom. The first-order valence-corrected chi connectivity index (χ1v) is 8.94. The van der Waals surface area contributed by atoms with E-state index in [1.807, 2.05) is 0 Å². The molecule has 0 bridgehead atoms. The fraction of sp³-hybridized carbons (Fsp3) is 1.00. The lowest BCUT2D eigenvalue weighted by Crippen LogP contribution is -2.12. The minimum Gasteiger partial charge on any atom is -0.244 e. The van der Waals surface area contributed by atoms with E-state index in [0.29, 0.717) is 0 Å². The number of unbranched alkanes of at least 4 members (excludes halogenated alkanes) is 3. The summed E-state index contributed by atoms with van der Waals surface area (Å²) in [5, 5.41) is 0. The molecule has 1 heteroatoms. The van der Waals surface area contributed by atoms with Crippen LogP contribution in [0.15, 0.2) is 0 Å². The molecule has 0 atom stereocenters. The maximum atomic E-state index is 2.59. The normalized spacial score (nSPS) is 13.1. The molecule has 0 heterocycles. The highest BCUT2D eigenvalue weighted by Crippen LogP contribution is 2.46. The van der Waals surface area contributed by atoms with Crippen LogP contribution in [0.1, 0.15) is 59.3 Å². The van der Waals surface area contributed by atoms with Crippen molar-refractivity contribution in [1.82, 2.24) is 0 Å². The van der Waals surface area contributed by atoms with Gasteiger partial charge in [-0.2, -0.15) is 0 Å². The number of rotatable bonds is 9. The second-order valence-corrected chi connectivity index (χ2v) is 8.83. The van der Waals surface area contributed by atoms with Gasteiger partial charge in [-0.3, -0.25) is 0 Å². The molecule has 0 fully saturated rings. The van der Waals surface area contributed by atoms with E-state index in [2.05, 4.69) is 27.0 Å². The summed E-state index contributed by atoms with van der Waals surface area (Å²) in [5.41, 5.74) is 0. The van der Waals surface area contributed by atoms with E-state index < -0.39 is 0 Å². The Labute approximate surface area is 93.2 Å². The van der Waals surface area contributed by atoms with Gasteiger partial charge in [0.05, 0.1) is 0 Å². The van der Waals surface area contributed by atoms with Crippen LogP contribution in [0.2, 0.25) is 0 Å². The van der Waals surface area contributed by atoms with Crippen LogP contribution in [0.25, 0.3) is 0 Å². The molecule has 0 N–H and O–H groups in total. The Hall–Kier alpha value is 0.350. The predicted octanol–water partition coefficient (Wildman–Crippen LogP) is 4.82. The predicted molar refractivity (Wildman–Crippen MR) is 72.8 cm³/mol. The molecule has 0 aromatic rings. The highest BCUT2D eigenvalue weighted by atomic mass is 32.3. The molecule has 0 nitrogen and oxygen atoms in total. The van der Waals surface area contributed by atoms with Gasteiger partial charge in [0.25, 0.3) is 0 Å². The molecule has 0 unspecified atom stereocenters. The molecule has 0 saturated heterocycles. The Kier molecular flexibility index (Phi) is 8.86. The average molecular weight is 218 g/mol. The van der Waals surface area contributed by atoms with Crippen LogP contribution >= 0.6 is 10.0 Å². The van der Waals surface area contributed by atoms with E-state index in [0.717, 1.165) is 0 Å². The largest absolute Gasteiger partial charge is 0.244 e. The lowest BCUT2D eigenvalue weighted by atomic mass is 10.4. The minimum atomic E-state index is -0.225. The first-order chi connectivity index (χ1) is 6.68. The van der Waals surface area contributed by atoms with Gasteiger partial charge in [0, 0.05) is 0 Å². The van der Waals surface area contributed by atoms with Crippen LogP contribution in [0, 0.1) is 0 Å². The second-order valence-electron chi connectivity index (χ2n) is 4.65. The van der Waals surface area contributed by atoms with Crippen molar-refractivity contribution in [2.45, 2.75) is 59.3 Å². The van der Waals surface area contributed by atoms with E-state index in [1.165, 1.54) is 55.8 Å². The van der Waals surface area contributed by atoms with Gasteiger partial charge in [-0.1, -0.05) is 40.0 Å². The molecule has 0 aliphatic carbocycles. The fourth-order valence-corrected chi connectivity index (χ4v) is 5.35. The summed E-state index contributed by atoms with van der Waals surface area (Å²) in [6, 6.07) is 0. The quantitative estimate of drug-likeness (QED) is 0.520. The molecule has 0 saturated carbocycles. The van der Waals surface area contributed by atoms with Crippen molar-refractivity contribution >= 4 is 10.0 Å². The lowest BCUT2D eigenvalue weighted by Gasteiger charge is -2.36. The van der Waals surface area contributed by atoms with E-state index >= 15 is 0 Å². The third kappa shape index (κ3) is 6.75. The summed E-state index contributed by atoms with van der Waals surface area (Å²) in [6.07, 6.45) is 11.1. The molecule has 0 rings (SSSR count). The van der Waals surface area contributed by atoms with Gasteiger partial charge in [0.15, 0.2) is 0 Å². The zero-order valence-electron chi connectivity index (χ0n) is 10.8. The summed E-state index contributed by atoms with van der Waals surface area (Å²) in [4.78, 5) is 0. The third-order valence-electron chi connectivity index (χ3n) is 2.97. The second kappa shape index (κ2) is 8.64. The van der Waals surface area contributed by atoms with E-state index in [4.69, 9.17) is 0 Å². The first-order valence-electron chi connectivity index (χ1n) is 6.40. The van der Waals surface area contributed by atoms with E-state index in [1.54, 1.807) is 0 Å². The van der Waals surface area contributed by atoms with Gasteiger partial charge in [-0.15, -0.1) is 0 Å². The maximum Gasteiger partial charge on any atom is -0.0230 e. The lowest BCUT2D eigenvalue weighted by molar-refractivity contribution is 0.849. The summed E-state index contributed by atoms with van der Waals surface area (Å²) >= 11 is 0. The molecule has 0 aliphatic rings. The van der Waals surface area contributed by atoms with Crippen molar-refractivity contribution in [3.63, 3.8) is 0 Å². The zero-order valence-corrected chi connectivity index (χ0v) is 11.6. The number of hydrogen-bond acceptors (Lipinski definition) is 0. The summed E-state index contributed by atoms with van der Waals surface area (Å²) in [5.74, 6) is 4.59. The Bertz CT molecular complexity index is 98.6. The first kappa shape index (κ1) is 14.3. The van der Waals surface area contributed by atoms with Crippen LogP contribution in [-0.2, 0) is 0 Å². The molecule has 0 aliphatic heterocycles. The SMILES string of the molecule is CCCCS(C)(CCCC)CCCC. The Morgan fingerprint density at radius 2 is 0.929 bits per heavy atom. The van der Waals surface area contributed by atoms with Gasteiger partial charge in [0.1, 0.15) is 0 Å². The molecule has 88 valence electrons. The topological polar surface area (TPSA) is 0 Å². The monoisotopic (exact) mass is 218 g/mol. The molecule has 14 heavy (non-hydrogen) atoms. The fourth-order valence-electron chi connectivity index (χ4n) is 1.78. The van der Waals surface area contributed by atoms with Crippen LogP contribution < -0.4 is 0 Å². The summed E-state index contributed by atoms with van der Waals surface area (Å²) in [6.45, 7) is 6.96. The van der Waals surface area contributed by atoms with Gasteiger partial charge < -0.3 is 0 Å². The van der Waals surface area contributed by atoms with Gasteiger partial charge in [-0.05, 0) is 42.8 Å². The molecular formula is C13H30S. The Morgan fingerprint density at radius 3 is 1.14 bits per heavy atom. The number of hydrogen-bond donors (Lipinski definition) is 0. The van der Waals surface area contributed by atoms with Crippen molar-refractivity contribution in [2.75, 3.05) is 23.5 Å². The van der Waals surface area contributed by atoms with Crippen LogP contribution in [0.5, 0.6) is 0 Å². The van der Waals surface area contributed by atoms with Crippen molar-refractivity contribution in [1.29, 1.82) is 0 Å². The van der Waals surface area contributed by atoms with Crippen LogP contribution in [-0.4, -0.2) is 23.5 Å². The smallest absolute Gasteiger partial charge is 0.0230 e. The highest BCUT2D eigenvalue weighted by molar-refractivity contribution is 8.33. The van der Waals surface area contributed by atoms with Crippen LogP contribution in [0.3, 0.4) is 0 Å². The third-order valence-corrected chi connectivity index (χ3v) is 6.79. The standard InChI is InChI=1S/C13H30S/c1-5-8-11-14(4,12-9-6-2)13-10-7-3/h5-13H2,1-4H3. The van der Waals surface area contributed by atoms with Crippen LogP contribution in [0.4, 0.5) is 0 Å². The average Bonchev–Trinajstić information content (AvgIpc) is 2.21. The van der Waals surface area contributed by atoms with Crippen molar-refractivity contribution < 1.29 is 0 Å². The molecule has 0 radical (unpaired) electrons. The summed E-state index contributed by atoms with van der Waals surface area (Å²) in [7, 11) is -0.225. The van der Waals surface area contributed by atoms with Gasteiger partial charge in [-0.25, -0.2) is 10.0 Å². The van der Waals surface area contributed by atoms with Crippen molar-refractivity contribution in [3.8, 4) is 0 Å². The van der Waals surface area contributed by atoms with Crippen molar-refractivity contribution in [3.05, 3.63) is 0 Å². The summed E-state index contributed by atoms with van der Waals surface area (Å²) < 4.78 is 0. The van der Waals surface area contributed by atoms with E-state index in [9.17, 15) is 0 Å². The van der Waals surface area contributed by atoms with E-state index in [-0.39, 0.29) is 10.0 Å². The van der Waals surface area contributed by atoms with Gasteiger partial charge >= 0.3 is 0 Å². The van der Waals surface area contributed by atoms with Crippen molar-refractivity contribution in [2.24, 2.45) is 0 Å². The Balaban J connectivity index is 3.89. The zero-order chi connectivity index (χ0) is 10.9.